The molecule has 4 rings (SSSR count). The lowest BCUT2D eigenvalue weighted by molar-refractivity contribution is 0.234. The Morgan fingerprint density at radius 2 is 2.36 bits per heavy atom. The number of hydrogen-bond acceptors (Lipinski definition) is 2. The van der Waals surface area contributed by atoms with Gasteiger partial charge in [-0.25, -0.2) is 5.43 Å². The Morgan fingerprint density at radius 3 is 3.09 bits per heavy atom. The second-order valence-electron chi connectivity index (χ2n) is 3.48. The fourth-order valence-corrected chi connectivity index (χ4v) is 2.33. The van der Waals surface area contributed by atoms with Crippen molar-refractivity contribution in [1.29, 1.82) is 0 Å². The van der Waals surface area contributed by atoms with Crippen LogP contribution in [0.2, 0.25) is 0 Å². The van der Waals surface area contributed by atoms with Gasteiger partial charge in [-0.2, -0.15) is 0 Å². The number of hydrazine groups is 1. The molecule has 0 saturated carbocycles. The van der Waals surface area contributed by atoms with Crippen LogP contribution in [0.15, 0.2) is 23.4 Å². The van der Waals surface area contributed by atoms with E-state index in [0.29, 0.717) is 6.04 Å². The zero-order valence-electron chi connectivity index (χ0n) is 6.51. The van der Waals surface area contributed by atoms with Crippen molar-refractivity contribution in [2.75, 3.05) is 6.54 Å². The van der Waals surface area contributed by atoms with E-state index in [2.05, 4.69) is 22.6 Å². The summed E-state index contributed by atoms with van der Waals surface area (Å²) in [5, 5.41) is 2.36. The normalized spacial score (nSPS) is 33.5. The average molecular weight is 148 g/mol. The van der Waals surface area contributed by atoms with Gasteiger partial charge in [0.15, 0.2) is 0 Å². The minimum atomic E-state index is 0.712. The molecule has 2 bridgehead atoms. The highest BCUT2D eigenvalue weighted by molar-refractivity contribution is 5.34. The third-order valence-corrected chi connectivity index (χ3v) is 2.91. The zero-order chi connectivity index (χ0) is 7.26. The maximum absolute atomic E-state index is 3.41. The summed E-state index contributed by atoms with van der Waals surface area (Å²) in [6.45, 7) is 1.15. The van der Waals surface area contributed by atoms with Gasteiger partial charge in [0.25, 0.3) is 0 Å². The maximum Gasteiger partial charge on any atom is 0.0676 e. The Kier molecular flexibility index (Phi) is 1.00. The summed E-state index contributed by atoms with van der Waals surface area (Å²) in [5.74, 6) is 0. The first kappa shape index (κ1) is 5.84. The Bertz CT molecular complexity index is 226. The monoisotopic (exact) mass is 148 g/mol. The molecule has 58 valence electrons. The van der Waals surface area contributed by atoms with Crippen molar-refractivity contribution in [3.8, 4) is 0 Å². The molecule has 2 heteroatoms. The highest BCUT2D eigenvalue weighted by Gasteiger charge is 2.34. The first-order valence-electron chi connectivity index (χ1n) is 4.37. The number of fused-ring (bicyclic) bond motifs is 2. The topological polar surface area (TPSA) is 15.3 Å². The third-order valence-electron chi connectivity index (χ3n) is 2.91. The maximum atomic E-state index is 3.41. The van der Waals surface area contributed by atoms with Gasteiger partial charge in [0.2, 0.25) is 0 Å². The van der Waals surface area contributed by atoms with Crippen LogP contribution in [0.25, 0.3) is 0 Å². The first-order valence-corrected chi connectivity index (χ1v) is 4.37. The summed E-state index contributed by atoms with van der Waals surface area (Å²) in [6.07, 6.45) is 8.41. The van der Waals surface area contributed by atoms with Gasteiger partial charge < -0.3 is 5.01 Å². The van der Waals surface area contributed by atoms with Gasteiger partial charge in [-0.1, -0.05) is 6.08 Å². The first-order chi connectivity index (χ1) is 5.45. The summed E-state index contributed by atoms with van der Waals surface area (Å²) in [5.41, 5.74) is 6.53. The molecular formula is C9H12N2. The van der Waals surface area contributed by atoms with Crippen LogP contribution in [0.1, 0.15) is 19.3 Å². The molecule has 3 aliphatic heterocycles. The van der Waals surface area contributed by atoms with Crippen molar-refractivity contribution < 1.29 is 0 Å². The molecule has 4 aliphatic rings. The molecule has 2 fully saturated rings. The Hall–Kier alpha value is -0.760. The van der Waals surface area contributed by atoms with E-state index in [0.717, 1.165) is 6.54 Å². The van der Waals surface area contributed by atoms with Crippen LogP contribution in [0.5, 0.6) is 0 Å². The molecule has 0 aromatic carbocycles. The van der Waals surface area contributed by atoms with E-state index in [-0.39, 0.29) is 0 Å². The molecule has 3 heterocycles. The van der Waals surface area contributed by atoms with Gasteiger partial charge in [0.05, 0.1) is 6.04 Å². The third kappa shape index (κ3) is 0.653. The molecule has 1 unspecified atom stereocenters. The quantitative estimate of drug-likeness (QED) is 0.555. The number of piperidine rings is 1. The second-order valence-corrected chi connectivity index (χ2v) is 3.48. The Morgan fingerprint density at radius 1 is 1.36 bits per heavy atom. The standard InChI is InChI=1S/C9H12N2/c1-3-8-4-2-7(1)9-5-6-10-11(8)9/h1,3,9-10H,2,4-6H2. The van der Waals surface area contributed by atoms with E-state index < -0.39 is 0 Å². The molecule has 1 atom stereocenters. The molecule has 0 spiro atoms. The number of nitrogens with one attached hydrogen (secondary N) is 1. The van der Waals surface area contributed by atoms with Crippen LogP contribution in [0, 0.1) is 0 Å². The molecule has 0 aromatic heterocycles. The van der Waals surface area contributed by atoms with Crippen LogP contribution in [0.3, 0.4) is 0 Å². The Balaban J connectivity index is 2.05. The van der Waals surface area contributed by atoms with E-state index in [1.54, 1.807) is 5.57 Å². The highest BCUT2D eigenvalue weighted by Crippen LogP contribution is 2.36. The van der Waals surface area contributed by atoms with Crippen LogP contribution in [-0.2, 0) is 0 Å². The van der Waals surface area contributed by atoms with E-state index in [4.69, 9.17) is 0 Å². The molecule has 1 aliphatic carbocycles. The lowest BCUT2D eigenvalue weighted by atomic mass is 9.89. The average Bonchev–Trinajstić information content (AvgIpc) is 2.55. The highest BCUT2D eigenvalue weighted by atomic mass is 15.6. The van der Waals surface area contributed by atoms with E-state index in [9.17, 15) is 0 Å². The molecular weight excluding hydrogens is 136 g/mol. The van der Waals surface area contributed by atoms with Crippen molar-refractivity contribution in [3.05, 3.63) is 23.4 Å². The summed E-state index contributed by atoms with van der Waals surface area (Å²) in [6, 6.07) is 0.712. The van der Waals surface area contributed by atoms with E-state index >= 15 is 0 Å². The van der Waals surface area contributed by atoms with Crippen molar-refractivity contribution >= 4 is 0 Å². The van der Waals surface area contributed by atoms with E-state index in [1.807, 2.05) is 0 Å². The van der Waals surface area contributed by atoms with Gasteiger partial charge in [0.1, 0.15) is 0 Å². The minimum absolute atomic E-state index is 0.712. The lowest BCUT2D eigenvalue weighted by Gasteiger charge is -2.38. The number of rotatable bonds is 0. The van der Waals surface area contributed by atoms with Gasteiger partial charge in [-0.3, -0.25) is 0 Å². The van der Waals surface area contributed by atoms with Crippen LogP contribution < -0.4 is 5.43 Å². The molecule has 1 N–H and O–H groups in total. The van der Waals surface area contributed by atoms with Gasteiger partial charge in [-0.05, 0) is 30.9 Å². The molecule has 2 nitrogen and oxygen atoms in total. The SMILES string of the molecule is C1=C2CCC(=C1)N1NCCC21. The lowest BCUT2D eigenvalue weighted by Crippen LogP contribution is -2.41. The minimum Gasteiger partial charge on any atom is -0.305 e. The molecule has 2 saturated heterocycles. The van der Waals surface area contributed by atoms with E-state index in [1.165, 1.54) is 25.0 Å². The van der Waals surface area contributed by atoms with Crippen LogP contribution in [-0.4, -0.2) is 17.6 Å². The van der Waals surface area contributed by atoms with Crippen LogP contribution >= 0.6 is 0 Å². The largest absolute Gasteiger partial charge is 0.305 e. The molecule has 0 radical (unpaired) electrons. The Labute approximate surface area is 66.5 Å². The van der Waals surface area contributed by atoms with Gasteiger partial charge in [-0.15, -0.1) is 0 Å². The predicted octanol–water partition coefficient (Wildman–Crippen LogP) is 1.18. The summed E-state index contributed by atoms with van der Waals surface area (Å²) in [4.78, 5) is 0. The van der Waals surface area contributed by atoms with Crippen molar-refractivity contribution in [2.45, 2.75) is 25.3 Å². The van der Waals surface area contributed by atoms with Crippen molar-refractivity contribution in [2.24, 2.45) is 0 Å². The summed E-state index contributed by atoms with van der Waals surface area (Å²) < 4.78 is 0. The van der Waals surface area contributed by atoms with Crippen molar-refractivity contribution in [1.82, 2.24) is 10.4 Å². The molecule has 11 heavy (non-hydrogen) atoms. The van der Waals surface area contributed by atoms with Gasteiger partial charge >= 0.3 is 0 Å². The predicted molar refractivity (Wildman–Crippen MR) is 43.6 cm³/mol. The molecule has 0 aromatic rings. The number of nitrogens with zero attached hydrogens (tertiary/aromatic N) is 1. The number of allylic oxidation sites excluding steroid dienone is 3. The van der Waals surface area contributed by atoms with Crippen molar-refractivity contribution in [3.63, 3.8) is 0 Å². The number of hydrogen-bond donors (Lipinski definition) is 1. The fraction of sp³-hybridized carbons (Fsp3) is 0.556. The smallest absolute Gasteiger partial charge is 0.0676 e. The van der Waals surface area contributed by atoms with Gasteiger partial charge in [0, 0.05) is 12.2 Å². The molecule has 0 amide bonds. The fourth-order valence-electron chi connectivity index (χ4n) is 2.33. The van der Waals surface area contributed by atoms with Crippen LogP contribution in [0.4, 0.5) is 0 Å². The summed E-state index contributed by atoms with van der Waals surface area (Å²) in [7, 11) is 0. The zero-order valence-corrected chi connectivity index (χ0v) is 6.51. The second kappa shape index (κ2) is 1.89. The summed E-state index contributed by atoms with van der Waals surface area (Å²) >= 11 is 0.